The van der Waals surface area contributed by atoms with Gasteiger partial charge in [-0.25, -0.2) is 4.98 Å². The Kier molecular flexibility index (Phi) is 8.97. The predicted octanol–water partition coefficient (Wildman–Crippen LogP) is -0.0509. The Morgan fingerprint density at radius 2 is 2.10 bits per heavy atom. The molecule has 4 N–H and O–H groups in total. The third kappa shape index (κ3) is 5.66. The number of carbonyl (C=O) groups excluding carboxylic acids is 2. The van der Waals surface area contributed by atoms with E-state index in [0.717, 1.165) is 43.4 Å². The molecular formula is C15H22N5NaO6S3. The Hall–Kier alpha value is -0.900. The maximum absolute atomic E-state index is 12.7. The zero-order valence-corrected chi connectivity index (χ0v) is 17.9. The average molecular weight is 488 g/mol. The van der Waals surface area contributed by atoms with Crippen molar-refractivity contribution in [1.29, 1.82) is 0 Å². The molecule has 1 saturated carbocycles. The first-order valence-electron chi connectivity index (χ1n) is 8.82. The molecule has 2 atom stereocenters. The summed E-state index contributed by atoms with van der Waals surface area (Å²) in [6.45, 7) is 0. The van der Waals surface area contributed by atoms with Gasteiger partial charge in [-0.05, 0) is 12.8 Å². The summed E-state index contributed by atoms with van der Waals surface area (Å²) in [6, 6.07) is -1.13. The van der Waals surface area contributed by atoms with Gasteiger partial charge in [-0.1, -0.05) is 24.4 Å². The van der Waals surface area contributed by atoms with E-state index in [9.17, 15) is 22.6 Å². The van der Waals surface area contributed by atoms with Crippen LogP contribution in [-0.2, 0) is 24.7 Å². The normalized spacial score (nSPS) is 22.8. The summed E-state index contributed by atoms with van der Waals surface area (Å²) >= 11 is 2.37. The second-order valence-corrected chi connectivity index (χ2v) is 10.1. The molecule has 2 aliphatic rings. The molecule has 0 unspecified atom stereocenters. The van der Waals surface area contributed by atoms with E-state index in [0.29, 0.717) is 4.31 Å². The Bertz CT molecular complexity index is 918. The van der Waals surface area contributed by atoms with Gasteiger partial charge >= 0.3 is 39.9 Å². The van der Waals surface area contributed by atoms with Gasteiger partial charge in [0.1, 0.15) is 24.2 Å². The number of anilines is 1. The van der Waals surface area contributed by atoms with Crippen LogP contribution in [0.15, 0.2) is 10.5 Å². The van der Waals surface area contributed by atoms with Crippen molar-refractivity contribution < 1.29 is 27.4 Å². The minimum atomic E-state index is -4.73. The number of aromatic nitrogens is 1. The molecule has 0 aromatic carbocycles. The molecule has 3 rings (SSSR count). The third-order valence-electron chi connectivity index (χ3n) is 4.58. The number of thioether (sulfide) groups is 1. The van der Waals surface area contributed by atoms with Crippen molar-refractivity contribution in [3.63, 3.8) is 0 Å². The standard InChI is InChI=1S/C15H21N5O6S3.Na.H/c1-26-19-10(9-7-27-15(16)17-9)12(21)18-11-13(22)20(29(23,24)25)14(11)28-8-5-3-2-4-6-8;;/h7-8,11,14H,2-6H2,1H3,(H2,16,17)(H,18,21)(H,23,24,25);;/t11-,14-;;/m1../s1. The zero-order valence-electron chi connectivity index (χ0n) is 15.5. The van der Waals surface area contributed by atoms with Crippen LogP contribution in [0.5, 0.6) is 0 Å². The van der Waals surface area contributed by atoms with Crippen LogP contribution in [0.4, 0.5) is 5.13 Å². The van der Waals surface area contributed by atoms with Crippen LogP contribution in [0.3, 0.4) is 0 Å². The number of nitrogens with one attached hydrogen (secondary N) is 1. The van der Waals surface area contributed by atoms with Gasteiger partial charge in [-0.3, -0.25) is 14.1 Å². The molecule has 0 spiro atoms. The van der Waals surface area contributed by atoms with Crippen molar-refractivity contribution >= 4 is 85.6 Å². The average Bonchev–Trinajstić information content (AvgIpc) is 3.09. The molecule has 2 fully saturated rings. The van der Waals surface area contributed by atoms with Crippen molar-refractivity contribution in [3.05, 3.63) is 11.1 Å². The molecule has 1 aromatic heterocycles. The molecule has 2 amide bonds. The number of hydrogen-bond donors (Lipinski definition) is 3. The fourth-order valence-corrected chi connectivity index (χ4v) is 6.55. The molecule has 1 aromatic rings. The Balaban J connectivity index is 0.00000320. The van der Waals surface area contributed by atoms with Gasteiger partial charge in [-0.2, -0.15) is 12.7 Å². The summed E-state index contributed by atoms with van der Waals surface area (Å²) in [5.74, 6) is -1.68. The van der Waals surface area contributed by atoms with E-state index in [1.165, 1.54) is 24.3 Å². The van der Waals surface area contributed by atoms with Crippen LogP contribution < -0.4 is 11.1 Å². The first-order chi connectivity index (χ1) is 13.7. The van der Waals surface area contributed by atoms with Crippen LogP contribution >= 0.6 is 23.1 Å². The molecular weight excluding hydrogens is 465 g/mol. The number of nitrogens with two attached hydrogens (primary N) is 1. The third-order valence-corrected chi connectivity index (χ3v) is 7.91. The van der Waals surface area contributed by atoms with Crippen molar-refractivity contribution in [2.75, 3.05) is 12.8 Å². The fourth-order valence-electron chi connectivity index (χ4n) is 3.25. The van der Waals surface area contributed by atoms with Crippen LogP contribution in [0.1, 0.15) is 37.8 Å². The van der Waals surface area contributed by atoms with E-state index >= 15 is 0 Å². The number of carbonyl (C=O) groups is 2. The van der Waals surface area contributed by atoms with Gasteiger partial charge in [-0.15, -0.1) is 23.1 Å². The molecule has 162 valence electrons. The first-order valence-corrected chi connectivity index (χ1v) is 12.0. The van der Waals surface area contributed by atoms with E-state index in [1.807, 2.05) is 0 Å². The number of thiazole rings is 1. The quantitative estimate of drug-likeness (QED) is 0.157. The summed E-state index contributed by atoms with van der Waals surface area (Å²) < 4.78 is 33.1. The Morgan fingerprint density at radius 3 is 2.63 bits per heavy atom. The zero-order chi connectivity index (χ0) is 21.2. The van der Waals surface area contributed by atoms with Gasteiger partial charge in [0.25, 0.3) is 11.8 Å². The number of oxime groups is 1. The molecule has 15 heteroatoms. The van der Waals surface area contributed by atoms with E-state index < -0.39 is 33.5 Å². The number of β-lactam (4-membered cyclic amide) rings is 1. The SMILES string of the molecule is CON=C(C(=O)N[C@@H]1C(=O)N(S(=O)(=O)O)[C@@H]1SC1CCCCC1)c1csc(N)n1.[NaH]. The van der Waals surface area contributed by atoms with Gasteiger partial charge in [0.2, 0.25) is 0 Å². The fraction of sp³-hybridized carbons (Fsp3) is 0.600. The summed E-state index contributed by atoms with van der Waals surface area (Å²) in [4.78, 5) is 33.7. The topological polar surface area (TPSA) is 164 Å². The van der Waals surface area contributed by atoms with E-state index in [4.69, 9.17) is 5.73 Å². The van der Waals surface area contributed by atoms with Gasteiger partial charge in [0.15, 0.2) is 10.8 Å². The Morgan fingerprint density at radius 1 is 1.43 bits per heavy atom. The number of nitrogens with zero attached hydrogens (tertiary/aromatic N) is 3. The molecule has 0 bridgehead atoms. The number of rotatable bonds is 7. The molecule has 11 nitrogen and oxygen atoms in total. The second kappa shape index (κ2) is 10.6. The van der Waals surface area contributed by atoms with Crippen LogP contribution in [0.2, 0.25) is 0 Å². The van der Waals surface area contributed by atoms with E-state index in [2.05, 4.69) is 20.3 Å². The summed E-state index contributed by atoms with van der Waals surface area (Å²) in [5.41, 5.74) is 5.56. The molecule has 2 heterocycles. The van der Waals surface area contributed by atoms with Gasteiger partial charge < -0.3 is 15.9 Å². The number of nitrogen functional groups attached to an aromatic ring is 1. The monoisotopic (exact) mass is 487 g/mol. The van der Waals surface area contributed by atoms with Crippen molar-refractivity contribution in [2.45, 2.75) is 48.8 Å². The first kappa shape index (κ1) is 25.4. The number of hydrogen-bond acceptors (Lipinski definition) is 10. The van der Waals surface area contributed by atoms with Crippen molar-refractivity contribution in [1.82, 2.24) is 14.6 Å². The molecule has 1 aliphatic heterocycles. The van der Waals surface area contributed by atoms with Crippen LogP contribution in [0.25, 0.3) is 0 Å². The van der Waals surface area contributed by atoms with Crippen LogP contribution in [-0.4, -0.2) is 93.1 Å². The maximum atomic E-state index is 12.7. The molecule has 1 saturated heterocycles. The van der Waals surface area contributed by atoms with Crippen molar-refractivity contribution in [3.8, 4) is 0 Å². The second-order valence-electron chi connectivity index (χ2n) is 6.54. The molecule has 0 radical (unpaired) electrons. The summed E-state index contributed by atoms with van der Waals surface area (Å²) in [6.07, 6.45) is 4.89. The molecule has 30 heavy (non-hydrogen) atoms. The molecule has 1 aliphatic carbocycles. The van der Waals surface area contributed by atoms with E-state index in [1.54, 1.807) is 0 Å². The van der Waals surface area contributed by atoms with Gasteiger partial charge in [0.05, 0.1) is 0 Å². The summed E-state index contributed by atoms with van der Waals surface area (Å²) in [5, 5.41) is 7.06. The minimum absolute atomic E-state index is 0. The Labute approximate surface area is 204 Å². The van der Waals surface area contributed by atoms with Crippen LogP contribution in [0, 0.1) is 0 Å². The van der Waals surface area contributed by atoms with Crippen molar-refractivity contribution in [2.24, 2.45) is 5.16 Å². The summed E-state index contributed by atoms with van der Waals surface area (Å²) in [7, 11) is -3.48. The predicted molar refractivity (Wildman–Crippen MR) is 116 cm³/mol. The van der Waals surface area contributed by atoms with Gasteiger partial charge in [0, 0.05) is 10.6 Å². The van der Waals surface area contributed by atoms with E-state index in [-0.39, 0.29) is 51.3 Å². The number of amides is 2.